The molecule has 0 saturated heterocycles. The van der Waals surface area contributed by atoms with Gasteiger partial charge in [0.05, 0.1) is 12.8 Å². The lowest BCUT2D eigenvalue weighted by Gasteiger charge is -2.07. The SMILES string of the molecule is CCOc1cccc(C=Nn2c(=S)[nH]nc(C)c2=O)c1O. The number of benzene rings is 1. The Kier molecular flexibility index (Phi) is 4.49. The normalized spacial score (nSPS) is 11.0. The van der Waals surface area contributed by atoms with Crippen LogP contribution in [0.5, 0.6) is 11.5 Å². The Morgan fingerprint density at radius 2 is 2.33 bits per heavy atom. The number of nitrogens with one attached hydrogen (secondary N) is 1. The van der Waals surface area contributed by atoms with Gasteiger partial charge in [0.1, 0.15) is 5.69 Å². The van der Waals surface area contributed by atoms with Crippen molar-refractivity contribution in [3.8, 4) is 11.5 Å². The first-order valence-electron chi connectivity index (χ1n) is 6.22. The number of phenolic OH excluding ortho intramolecular Hbond substituents is 1. The van der Waals surface area contributed by atoms with Crippen molar-refractivity contribution in [1.82, 2.24) is 14.9 Å². The maximum atomic E-state index is 11.9. The highest BCUT2D eigenvalue weighted by Gasteiger charge is 2.06. The van der Waals surface area contributed by atoms with Crippen molar-refractivity contribution in [3.05, 3.63) is 44.6 Å². The molecule has 0 amide bonds. The van der Waals surface area contributed by atoms with Gasteiger partial charge in [-0.2, -0.15) is 14.9 Å². The summed E-state index contributed by atoms with van der Waals surface area (Å²) >= 11 is 4.96. The Labute approximate surface area is 125 Å². The summed E-state index contributed by atoms with van der Waals surface area (Å²) in [6, 6.07) is 5.01. The third-order valence-corrected chi connectivity index (χ3v) is 2.92. The number of aryl methyl sites for hydroxylation is 1. The first-order chi connectivity index (χ1) is 10.0. The molecule has 1 heterocycles. The van der Waals surface area contributed by atoms with Crippen molar-refractivity contribution in [1.29, 1.82) is 0 Å². The zero-order valence-electron chi connectivity index (χ0n) is 11.5. The lowest BCUT2D eigenvalue weighted by atomic mass is 10.2. The summed E-state index contributed by atoms with van der Waals surface area (Å²) in [7, 11) is 0. The van der Waals surface area contributed by atoms with Gasteiger partial charge in [-0.15, -0.1) is 0 Å². The van der Waals surface area contributed by atoms with Gasteiger partial charge >= 0.3 is 0 Å². The number of H-pyrrole nitrogens is 1. The largest absolute Gasteiger partial charge is 0.504 e. The minimum Gasteiger partial charge on any atom is -0.504 e. The van der Waals surface area contributed by atoms with E-state index in [1.54, 1.807) is 25.1 Å². The summed E-state index contributed by atoms with van der Waals surface area (Å²) in [4.78, 5) is 11.9. The highest BCUT2D eigenvalue weighted by molar-refractivity contribution is 7.71. The Bertz CT molecular complexity index is 795. The van der Waals surface area contributed by atoms with Crippen molar-refractivity contribution in [3.63, 3.8) is 0 Å². The van der Waals surface area contributed by atoms with Gasteiger partial charge in [-0.25, -0.2) is 0 Å². The molecule has 2 aromatic rings. The van der Waals surface area contributed by atoms with Crippen LogP contribution in [0, 0.1) is 11.7 Å². The second kappa shape index (κ2) is 6.31. The fourth-order valence-corrected chi connectivity index (χ4v) is 1.79. The molecule has 2 N–H and O–H groups in total. The van der Waals surface area contributed by atoms with Crippen LogP contribution in [0.15, 0.2) is 28.1 Å². The van der Waals surface area contributed by atoms with Crippen molar-refractivity contribution in [2.45, 2.75) is 13.8 Å². The number of aromatic nitrogens is 3. The van der Waals surface area contributed by atoms with Gasteiger partial charge in [-0.1, -0.05) is 6.07 Å². The molecule has 0 saturated carbocycles. The maximum Gasteiger partial charge on any atom is 0.296 e. The number of para-hydroxylation sites is 1. The van der Waals surface area contributed by atoms with E-state index < -0.39 is 5.56 Å². The lowest BCUT2D eigenvalue weighted by Crippen LogP contribution is -2.22. The van der Waals surface area contributed by atoms with Gasteiger partial charge in [0.2, 0.25) is 4.77 Å². The topological polar surface area (TPSA) is 92.5 Å². The summed E-state index contributed by atoms with van der Waals surface area (Å²) in [5.74, 6) is 0.307. The highest BCUT2D eigenvalue weighted by atomic mass is 32.1. The fraction of sp³-hybridized carbons (Fsp3) is 0.231. The molecular weight excluding hydrogens is 292 g/mol. The van der Waals surface area contributed by atoms with Gasteiger partial charge < -0.3 is 9.84 Å². The number of hydrogen-bond acceptors (Lipinski definition) is 6. The van der Waals surface area contributed by atoms with Crippen molar-refractivity contribution in [2.75, 3.05) is 6.61 Å². The third-order valence-electron chi connectivity index (χ3n) is 2.66. The fourth-order valence-electron chi connectivity index (χ4n) is 1.61. The van der Waals surface area contributed by atoms with E-state index in [4.69, 9.17) is 17.0 Å². The third kappa shape index (κ3) is 3.16. The lowest BCUT2D eigenvalue weighted by molar-refractivity contribution is 0.318. The molecule has 1 aromatic carbocycles. The molecule has 0 aliphatic carbocycles. The first kappa shape index (κ1) is 14.9. The van der Waals surface area contributed by atoms with Gasteiger partial charge in [-0.05, 0) is 38.2 Å². The van der Waals surface area contributed by atoms with E-state index in [0.717, 1.165) is 4.68 Å². The van der Waals surface area contributed by atoms with Crippen LogP contribution < -0.4 is 10.3 Å². The summed E-state index contributed by atoms with van der Waals surface area (Å²) in [5.41, 5.74) is 0.236. The number of ether oxygens (including phenoxy) is 1. The van der Waals surface area contributed by atoms with Crippen molar-refractivity contribution < 1.29 is 9.84 Å². The van der Waals surface area contributed by atoms with Crippen LogP contribution in [0.3, 0.4) is 0 Å². The summed E-state index contributed by atoms with van der Waals surface area (Å²) in [6.07, 6.45) is 1.34. The number of hydrogen-bond donors (Lipinski definition) is 2. The molecule has 0 atom stereocenters. The average Bonchev–Trinajstić information content (AvgIpc) is 2.47. The smallest absolute Gasteiger partial charge is 0.296 e. The highest BCUT2D eigenvalue weighted by Crippen LogP contribution is 2.28. The van der Waals surface area contributed by atoms with Crippen LogP contribution in [0.1, 0.15) is 18.2 Å². The molecule has 0 aliphatic heterocycles. The predicted molar refractivity (Wildman–Crippen MR) is 80.7 cm³/mol. The molecule has 0 unspecified atom stereocenters. The van der Waals surface area contributed by atoms with Crippen molar-refractivity contribution in [2.24, 2.45) is 5.10 Å². The molecular formula is C13H14N4O3S. The molecule has 0 radical (unpaired) electrons. The Morgan fingerprint density at radius 1 is 1.57 bits per heavy atom. The van der Waals surface area contributed by atoms with Crippen LogP contribution in [0.2, 0.25) is 0 Å². The molecule has 0 spiro atoms. The van der Waals surface area contributed by atoms with Gasteiger partial charge in [0.25, 0.3) is 5.56 Å². The molecule has 1 aromatic heterocycles. The van der Waals surface area contributed by atoms with E-state index in [1.807, 2.05) is 6.92 Å². The minimum absolute atomic E-state index is 0.0446. The molecule has 0 fully saturated rings. The number of nitrogens with zero attached hydrogens (tertiary/aromatic N) is 3. The predicted octanol–water partition coefficient (Wildman–Crippen LogP) is 1.60. The van der Waals surface area contributed by atoms with E-state index in [0.29, 0.717) is 17.9 Å². The van der Waals surface area contributed by atoms with Crippen LogP contribution in [-0.2, 0) is 0 Å². The number of aromatic amines is 1. The molecule has 0 bridgehead atoms. The molecule has 0 aliphatic rings. The molecule has 21 heavy (non-hydrogen) atoms. The maximum absolute atomic E-state index is 11.9. The van der Waals surface area contributed by atoms with E-state index in [2.05, 4.69) is 15.3 Å². The quantitative estimate of drug-likeness (QED) is 0.661. The van der Waals surface area contributed by atoms with Crippen LogP contribution in [-0.4, -0.2) is 32.8 Å². The van der Waals surface area contributed by atoms with Crippen LogP contribution >= 0.6 is 12.2 Å². The monoisotopic (exact) mass is 306 g/mol. The number of rotatable bonds is 4. The molecule has 8 heteroatoms. The van der Waals surface area contributed by atoms with Crippen molar-refractivity contribution >= 4 is 18.4 Å². The summed E-state index contributed by atoms with van der Waals surface area (Å²) in [6.45, 7) is 3.80. The second-order valence-corrected chi connectivity index (χ2v) is 4.49. The Balaban J connectivity index is 2.44. The number of aromatic hydroxyl groups is 1. The molecule has 2 rings (SSSR count). The molecule has 7 nitrogen and oxygen atoms in total. The van der Waals surface area contributed by atoms with Gasteiger partial charge in [0, 0.05) is 5.56 Å². The van der Waals surface area contributed by atoms with E-state index in [-0.39, 0.29) is 16.2 Å². The summed E-state index contributed by atoms with van der Waals surface area (Å²) in [5, 5.41) is 20.3. The van der Waals surface area contributed by atoms with Crippen LogP contribution in [0.25, 0.3) is 0 Å². The summed E-state index contributed by atoms with van der Waals surface area (Å²) < 4.78 is 6.35. The zero-order valence-corrected chi connectivity index (χ0v) is 12.3. The Morgan fingerprint density at radius 3 is 3.05 bits per heavy atom. The standard InChI is InChI=1S/C13H14N4O3S/c1-3-20-10-6-4-5-9(11(10)18)7-14-17-12(19)8(2)15-16-13(17)21/h4-7,18H,3H2,1-2H3,(H,16,21). The Hall–Kier alpha value is -2.48. The van der Waals surface area contributed by atoms with Gasteiger partial charge in [-0.3, -0.25) is 9.89 Å². The van der Waals surface area contributed by atoms with E-state index in [9.17, 15) is 9.90 Å². The number of phenols is 1. The zero-order chi connectivity index (χ0) is 15.4. The molecule has 110 valence electrons. The van der Waals surface area contributed by atoms with Crippen LogP contribution in [0.4, 0.5) is 0 Å². The second-order valence-electron chi connectivity index (χ2n) is 4.10. The first-order valence-corrected chi connectivity index (χ1v) is 6.63. The van der Waals surface area contributed by atoms with E-state index >= 15 is 0 Å². The minimum atomic E-state index is -0.421. The van der Waals surface area contributed by atoms with E-state index in [1.165, 1.54) is 6.21 Å². The van der Waals surface area contributed by atoms with Gasteiger partial charge in [0.15, 0.2) is 11.5 Å². The average molecular weight is 306 g/mol.